The highest BCUT2D eigenvalue weighted by atomic mass is 15.5. The van der Waals surface area contributed by atoms with Crippen molar-refractivity contribution >= 4 is 0 Å². The maximum atomic E-state index is 4.20. The van der Waals surface area contributed by atoms with Gasteiger partial charge in [0.15, 0.2) is 5.82 Å². The van der Waals surface area contributed by atoms with E-state index in [0.717, 1.165) is 38.4 Å². The monoisotopic (exact) mass is 280 g/mol. The van der Waals surface area contributed by atoms with Crippen LogP contribution in [0.15, 0.2) is 0 Å². The number of aromatic nitrogens is 4. The third kappa shape index (κ3) is 4.52. The molecule has 1 aliphatic rings. The zero-order valence-electron chi connectivity index (χ0n) is 12.9. The lowest BCUT2D eigenvalue weighted by atomic mass is 10.2. The molecule has 1 unspecified atom stereocenters. The minimum absolute atomic E-state index is 0.641. The van der Waals surface area contributed by atoms with E-state index < -0.39 is 0 Å². The van der Waals surface area contributed by atoms with Gasteiger partial charge >= 0.3 is 0 Å². The number of hydrogen-bond donors (Lipinski definition) is 1. The van der Waals surface area contributed by atoms with Gasteiger partial charge in [-0.25, -0.2) is 4.68 Å². The van der Waals surface area contributed by atoms with Crippen LogP contribution in [0.2, 0.25) is 0 Å². The number of hydrogen-bond acceptors (Lipinski definition) is 5. The molecule has 2 rings (SSSR count). The molecule has 20 heavy (non-hydrogen) atoms. The Bertz CT molecular complexity index is 371. The molecule has 1 saturated heterocycles. The molecule has 1 N–H and O–H groups in total. The molecule has 6 heteroatoms. The Labute approximate surface area is 121 Å². The molecular formula is C14H28N6. The summed E-state index contributed by atoms with van der Waals surface area (Å²) >= 11 is 0. The van der Waals surface area contributed by atoms with Gasteiger partial charge in [0, 0.05) is 19.1 Å². The van der Waals surface area contributed by atoms with E-state index in [-0.39, 0.29) is 0 Å². The van der Waals surface area contributed by atoms with E-state index in [1.54, 1.807) is 0 Å². The molecule has 0 saturated carbocycles. The van der Waals surface area contributed by atoms with Gasteiger partial charge in [-0.3, -0.25) is 4.90 Å². The molecule has 0 amide bonds. The van der Waals surface area contributed by atoms with Crippen molar-refractivity contribution < 1.29 is 0 Å². The average molecular weight is 280 g/mol. The number of nitrogens with one attached hydrogen (secondary N) is 1. The van der Waals surface area contributed by atoms with Gasteiger partial charge in [-0.2, -0.15) is 0 Å². The Morgan fingerprint density at radius 3 is 2.95 bits per heavy atom. The van der Waals surface area contributed by atoms with Gasteiger partial charge in [-0.05, 0) is 49.2 Å². The Hall–Kier alpha value is -1.01. The molecule has 2 heterocycles. The van der Waals surface area contributed by atoms with Gasteiger partial charge < -0.3 is 5.32 Å². The lowest BCUT2D eigenvalue weighted by Crippen LogP contribution is -2.38. The fourth-order valence-electron chi connectivity index (χ4n) is 2.76. The summed E-state index contributed by atoms with van der Waals surface area (Å²) in [4.78, 5) is 2.50. The van der Waals surface area contributed by atoms with Crippen LogP contribution in [0.25, 0.3) is 0 Å². The Morgan fingerprint density at radius 2 is 2.25 bits per heavy atom. The highest BCUT2D eigenvalue weighted by Crippen LogP contribution is 2.10. The Morgan fingerprint density at radius 1 is 1.35 bits per heavy atom. The first kappa shape index (κ1) is 15.4. The normalized spacial score (nSPS) is 19.1. The maximum absolute atomic E-state index is 4.20. The lowest BCUT2D eigenvalue weighted by molar-refractivity contribution is 0.228. The highest BCUT2D eigenvalue weighted by Gasteiger charge is 2.19. The molecule has 6 nitrogen and oxygen atoms in total. The summed E-state index contributed by atoms with van der Waals surface area (Å²) in [6.45, 7) is 9.58. The van der Waals surface area contributed by atoms with E-state index in [1.807, 2.05) is 4.68 Å². The maximum Gasteiger partial charge on any atom is 0.165 e. The molecule has 0 aliphatic carbocycles. The number of aryl methyl sites for hydroxylation is 1. The minimum Gasteiger partial charge on any atom is -0.313 e. The third-order valence-corrected chi connectivity index (χ3v) is 3.88. The smallest absolute Gasteiger partial charge is 0.165 e. The molecule has 1 atom stereocenters. The quantitative estimate of drug-likeness (QED) is 0.741. The second kappa shape index (κ2) is 8.32. The van der Waals surface area contributed by atoms with Crippen LogP contribution in [0, 0.1) is 0 Å². The van der Waals surface area contributed by atoms with Crippen molar-refractivity contribution in [3.8, 4) is 0 Å². The predicted octanol–water partition coefficient (Wildman–Crippen LogP) is 1.44. The van der Waals surface area contributed by atoms with Crippen LogP contribution < -0.4 is 5.32 Å². The van der Waals surface area contributed by atoms with Gasteiger partial charge in [0.1, 0.15) is 0 Å². The summed E-state index contributed by atoms with van der Waals surface area (Å²) < 4.78 is 1.95. The van der Waals surface area contributed by atoms with Crippen molar-refractivity contribution in [2.75, 3.05) is 19.6 Å². The van der Waals surface area contributed by atoms with Gasteiger partial charge in [0.25, 0.3) is 0 Å². The first-order chi connectivity index (χ1) is 9.83. The van der Waals surface area contributed by atoms with Crippen LogP contribution >= 0.6 is 0 Å². The van der Waals surface area contributed by atoms with E-state index in [2.05, 4.69) is 39.6 Å². The van der Waals surface area contributed by atoms with Crippen LogP contribution in [0.4, 0.5) is 0 Å². The Kier molecular flexibility index (Phi) is 6.39. The number of unbranched alkanes of at least 4 members (excludes halogenated alkanes) is 1. The molecule has 1 aromatic rings. The van der Waals surface area contributed by atoms with Crippen molar-refractivity contribution in [1.82, 2.24) is 30.4 Å². The molecule has 1 aliphatic heterocycles. The van der Waals surface area contributed by atoms with Gasteiger partial charge in [0.05, 0.1) is 6.54 Å². The molecule has 0 radical (unpaired) electrons. The van der Waals surface area contributed by atoms with Crippen molar-refractivity contribution in [2.45, 2.75) is 65.1 Å². The molecule has 1 aromatic heterocycles. The Balaban J connectivity index is 1.92. The molecule has 114 valence electrons. The van der Waals surface area contributed by atoms with Gasteiger partial charge in [-0.15, -0.1) is 5.10 Å². The first-order valence-corrected chi connectivity index (χ1v) is 8.04. The van der Waals surface area contributed by atoms with Crippen molar-refractivity contribution in [3.63, 3.8) is 0 Å². The van der Waals surface area contributed by atoms with E-state index in [9.17, 15) is 0 Å². The predicted molar refractivity (Wildman–Crippen MR) is 79.3 cm³/mol. The summed E-state index contributed by atoms with van der Waals surface area (Å²) in [6, 6.07) is 0.641. The molecule has 0 bridgehead atoms. The van der Waals surface area contributed by atoms with Crippen molar-refractivity contribution in [2.24, 2.45) is 0 Å². The SMILES string of the molecule is CCCCN(Cc1nnnn1CCC)CC1CCCN1. The summed E-state index contributed by atoms with van der Waals surface area (Å²) in [6.07, 6.45) is 6.14. The zero-order valence-corrected chi connectivity index (χ0v) is 12.9. The largest absolute Gasteiger partial charge is 0.313 e. The van der Waals surface area contributed by atoms with Crippen LogP contribution in [0.5, 0.6) is 0 Å². The number of nitrogens with zero attached hydrogens (tertiary/aromatic N) is 5. The summed E-state index contributed by atoms with van der Waals surface area (Å²) in [5, 5.41) is 15.7. The number of tetrazole rings is 1. The fourth-order valence-corrected chi connectivity index (χ4v) is 2.76. The van der Waals surface area contributed by atoms with Crippen LogP contribution in [0.1, 0.15) is 51.8 Å². The lowest BCUT2D eigenvalue weighted by Gasteiger charge is -2.25. The van der Waals surface area contributed by atoms with Crippen LogP contribution in [-0.4, -0.2) is 50.8 Å². The van der Waals surface area contributed by atoms with Gasteiger partial charge in [-0.1, -0.05) is 20.3 Å². The molecule has 0 spiro atoms. The molecule has 1 fully saturated rings. The van der Waals surface area contributed by atoms with E-state index >= 15 is 0 Å². The zero-order chi connectivity index (χ0) is 14.2. The minimum atomic E-state index is 0.641. The second-order valence-electron chi connectivity index (χ2n) is 5.70. The fraction of sp³-hybridized carbons (Fsp3) is 0.929. The highest BCUT2D eigenvalue weighted by molar-refractivity contribution is 4.84. The van der Waals surface area contributed by atoms with Crippen LogP contribution in [-0.2, 0) is 13.1 Å². The topological polar surface area (TPSA) is 58.9 Å². The second-order valence-corrected chi connectivity index (χ2v) is 5.70. The van der Waals surface area contributed by atoms with E-state index in [0.29, 0.717) is 6.04 Å². The summed E-state index contributed by atoms with van der Waals surface area (Å²) in [7, 11) is 0. The third-order valence-electron chi connectivity index (χ3n) is 3.88. The van der Waals surface area contributed by atoms with E-state index in [4.69, 9.17) is 0 Å². The summed E-state index contributed by atoms with van der Waals surface area (Å²) in [5.41, 5.74) is 0. The number of rotatable bonds is 9. The standard InChI is InChI=1S/C14H28N6/c1-3-5-10-19(11-13-7-6-8-15-13)12-14-16-17-18-20(14)9-4-2/h13,15H,3-12H2,1-2H3. The van der Waals surface area contributed by atoms with Crippen LogP contribution in [0.3, 0.4) is 0 Å². The first-order valence-electron chi connectivity index (χ1n) is 8.04. The van der Waals surface area contributed by atoms with Crippen molar-refractivity contribution in [3.05, 3.63) is 5.82 Å². The van der Waals surface area contributed by atoms with Crippen molar-refractivity contribution in [1.29, 1.82) is 0 Å². The molecule has 0 aromatic carbocycles. The summed E-state index contributed by atoms with van der Waals surface area (Å²) in [5.74, 6) is 1.00. The van der Waals surface area contributed by atoms with E-state index in [1.165, 1.54) is 32.2 Å². The average Bonchev–Trinajstić information content (AvgIpc) is 3.09. The molecular weight excluding hydrogens is 252 g/mol. The van der Waals surface area contributed by atoms with Gasteiger partial charge in [0.2, 0.25) is 0 Å².